The minimum absolute atomic E-state index is 0.0923. The van der Waals surface area contributed by atoms with Crippen LogP contribution in [0.2, 0.25) is 0 Å². The summed E-state index contributed by atoms with van der Waals surface area (Å²) in [5.74, 6) is -0.839. The number of piperazine rings is 1. The van der Waals surface area contributed by atoms with Crippen molar-refractivity contribution in [3.63, 3.8) is 0 Å². The molecular weight excluding hydrogens is 262 g/mol. The fraction of sp³-hybridized carbons (Fsp3) is 0.769. The number of carbonyl (C=O) groups is 3. The predicted octanol–water partition coefficient (Wildman–Crippen LogP) is -1.21. The van der Waals surface area contributed by atoms with Crippen molar-refractivity contribution >= 4 is 17.8 Å². The van der Waals surface area contributed by atoms with Crippen LogP contribution in [0.3, 0.4) is 0 Å². The highest BCUT2D eigenvalue weighted by atomic mass is 16.4. The van der Waals surface area contributed by atoms with Gasteiger partial charge in [0.25, 0.3) is 0 Å². The number of rotatable bonds is 2. The molecular formula is C13H19N3O4. The zero-order valence-electron chi connectivity index (χ0n) is 11.2. The van der Waals surface area contributed by atoms with Gasteiger partial charge in [0, 0.05) is 13.1 Å². The molecule has 20 heavy (non-hydrogen) atoms. The Balaban J connectivity index is 1.73. The second-order valence-corrected chi connectivity index (χ2v) is 5.87. The van der Waals surface area contributed by atoms with Crippen LogP contribution < -0.4 is 10.6 Å². The Morgan fingerprint density at radius 1 is 1.30 bits per heavy atom. The van der Waals surface area contributed by atoms with Crippen molar-refractivity contribution < 1.29 is 19.5 Å². The zero-order valence-corrected chi connectivity index (χ0v) is 11.2. The molecule has 1 aliphatic carbocycles. The lowest BCUT2D eigenvalue weighted by molar-refractivity contribution is -0.150. The van der Waals surface area contributed by atoms with Gasteiger partial charge in [0.1, 0.15) is 12.1 Å². The van der Waals surface area contributed by atoms with Gasteiger partial charge in [0.2, 0.25) is 11.8 Å². The van der Waals surface area contributed by atoms with E-state index >= 15 is 0 Å². The van der Waals surface area contributed by atoms with Gasteiger partial charge in [-0.15, -0.1) is 0 Å². The van der Waals surface area contributed by atoms with Crippen LogP contribution in [0, 0.1) is 11.8 Å². The smallest absolute Gasteiger partial charge is 0.326 e. The number of carboxylic acid groups (broad SMARTS) is 1. The molecule has 3 rings (SSSR count). The van der Waals surface area contributed by atoms with Crippen molar-refractivity contribution in [3.8, 4) is 0 Å². The number of carboxylic acids is 1. The van der Waals surface area contributed by atoms with E-state index in [4.69, 9.17) is 0 Å². The maximum atomic E-state index is 12.5. The number of amides is 2. The molecule has 1 saturated carbocycles. The summed E-state index contributed by atoms with van der Waals surface area (Å²) in [6.45, 7) is 0.872. The number of nitrogens with zero attached hydrogens (tertiary/aromatic N) is 1. The molecule has 3 aliphatic rings. The Morgan fingerprint density at radius 3 is 2.75 bits per heavy atom. The van der Waals surface area contributed by atoms with Gasteiger partial charge >= 0.3 is 5.97 Å². The van der Waals surface area contributed by atoms with Crippen LogP contribution in [0.5, 0.6) is 0 Å². The minimum atomic E-state index is -0.910. The summed E-state index contributed by atoms with van der Waals surface area (Å²) >= 11 is 0. The lowest BCUT2D eigenvalue weighted by Gasteiger charge is -2.31. The highest BCUT2D eigenvalue weighted by Crippen LogP contribution is 2.42. The molecule has 3 N–H and O–H groups in total. The summed E-state index contributed by atoms with van der Waals surface area (Å²) < 4.78 is 0. The van der Waals surface area contributed by atoms with Crippen molar-refractivity contribution in [1.82, 2.24) is 15.5 Å². The first kappa shape index (κ1) is 13.4. The summed E-state index contributed by atoms with van der Waals surface area (Å²) in [6.07, 6.45) is 2.95. The number of hydrogen-bond acceptors (Lipinski definition) is 4. The summed E-state index contributed by atoms with van der Waals surface area (Å²) in [5.41, 5.74) is 0. The molecule has 7 nitrogen and oxygen atoms in total. The fourth-order valence-electron chi connectivity index (χ4n) is 3.79. The molecule has 110 valence electrons. The van der Waals surface area contributed by atoms with E-state index in [1.807, 2.05) is 0 Å². The predicted molar refractivity (Wildman–Crippen MR) is 68.8 cm³/mol. The third kappa shape index (κ3) is 2.15. The van der Waals surface area contributed by atoms with Crippen LogP contribution in [-0.4, -0.2) is 59.5 Å². The third-order valence-corrected chi connectivity index (χ3v) is 4.74. The largest absolute Gasteiger partial charge is 0.480 e. The molecule has 4 atom stereocenters. The Hall–Kier alpha value is -1.63. The van der Waals surface area contributed by atoms with Gasteiger partial charge in [-0.2, -0.15) is 0 Å². The molecule has 0 spiro atoms. The van der Waals surface area contributed by atoms with E-state index in [9.17, 15) is 19.5 Å². The van der Waals surface area contributed by atoms with Crippen LogP contribution >= 0.6 is 0 Å². The summed E-state index contributed by atoms with van der Waals surface area (Å²) in [6, 6.07) is -1.21. The van der Waals surface area contributed by atoms with E-state index in [0.717, 1.165) is 19.3 Å². The SMILES string of the molecule is O=C1CNC(C(=O)N2CC3CCCC3C2C(=O)O)CN1. The second kappa shape index (κ2) is 5.05. The standard InChI is InChI=1S/C13H19N3O4/c17-10-5-14-9(4-15-10)12(18)16-6-7-2-1-3-8(7)11(16)13(19)20/h7-9,11,14H,1-6H2,(H,15,17)(H,19,20). The lowest BCUT2D eigenvalue weighted by Crippen LogP contribution is -2.60. The quantitative estimate of drug-likeness (QED) is 0.589. The topological polar surface area (TPSA) is 98.7 Å². The summed E-state index contributed by atoms with van der Waals surface area (Å²) in [5, 5.41) is 14.9. The van der Waals surface area contributed by atoms with Gasteiger partial charge in [-0.1, -0.05) is 6.42 Å². The average Bonchev–Trinajstić information content (AvgIpc) is 2.97. The van der Waals surface area contributed by atoms with Crippen LogP contribution in [0.15, 0.2) is 0 Å². The van der Waals surface area contributed by atoms with E-state index in [-0.39, 0.29) is 30.8 Å². The van der Waals surface area contributed by atoms with Crippen LogP contribution in [-0.2, 0) is 14.4 Å². The van der Waals surface area contributed by atoms with Crippen molar-refractivity contribution in [2.24, 2.45) is 11.8 Å². The molecule has 2 aliphatic heterocycles. The monoisotopic (exact) mass is 281 g/mol. The van der Waals surface area contributed by atoms with E-state index in [2.05, 4.69) is 10.6 Å². The maximum absolute atomic E-state index is 12.5. The molecule has 7 heteroatoms. The Labute approximate surface area is 116 Å². The summed E-state index contributed by atoms with van der Waals surface area (Å²) in [7, 11) is 0. The number of aliphatic carboxylic acids is 1. The zero-order chi connectivity index (χ0) is 14.3. The molecule has 0 aromatic carbocycles. The molecule has 2 heterocycles. The number of likely N-dealkylation sites (tertiary alicyclic amines) is 1. The van der Waals surface area contributed by atoms with Crippen LogP contribution in [0.1, 0.15) is 19.3 Å². The van der Waals surface area contributed by atoms with Crippen molar-refractivity contribution in [2.75, 3.05) is 19.6 Å². The van der Waals surface area contributed by atoms with Gasteiger partial charge in [0.05, 0.1) is 6.54 Å². The molecule has 4 unspecified atom stereocenters. The van der Waals surface area contributed by atoms with Gasteiger partial charge in [-0.05, 0) is 24.7 Å². The summed E-state index contributed by atoms with van der Waals surface area (Å²) in [4.78, 5) is 36.6. The third-order valence-electron chi connectivity index (χ3n) is 4.74. The van der Waals surface area contributed by atoms with E-state index in [1.165, 1.54) is 4.90 Å². The normalized spacial score (nSPS) is 36.6. The molecule has 0 radical (unpaired) electrons. The Bertz CT molecular complexity index is 443. The number of carbonyl (C=O) groups excluding carboxylic acids is 2. The molecule has 0 aromatic heterocycles. The molecule has 3 fully saturated rings. The maximum Gasteiger partial charge on any atom is 0.326 e. The van der Waals surface area contributed by atoms with E-state index < -0.39 is 18.1 Å². The highest BCUT2D eigenvalue weighted by Gasteiger charge is 2.50. The van der Waals surface area contributed by atoms with Gasteiger partial charge in [-0.3, -0.25) is 14.9 Å². The Kier molecular flexibility index (Phi) is 3.37. The van der Waals surface area contributed by atoms with Gasteiger partial charge in [-0.25, -0.2) is 4.79 Å². The molecule has 2 amide bonds. The van der Waals surface area contributed by atoms with Gasteiger partial charge in [0.15, 0.2) is 0 Å². The first-order valence-electron chi connectivity index (χ1n) is 7.11. The van der Waals surface area contributed by atoms with Crippen molar-refractivity contribution in [2.45, 2.75) is 31.3 Å². The number of nitrogens with one attached hydrogen (secondary N) is 2. The first-order valence-corrected chi connectivity index (χ1v) is 7.11. The lowest BCUT2D eigenvalue weighted by atomic mass is 9.94. The van der Waals surface area contributed by atoms with E-state index in [0.29, 0.717) is 12.5 Å². The highest BCUT2D eigenvalue weighted by molar-refractivity contribution is 5.90. The van der Waals surface area contributed by atoms with E-state index in [1.54, 1.807) is 0 Å². The van der Waals surface area contributed by atoms with Crippen molar-refractivity contribution in [1.29, 1.82) is 0 Å². The average molecular weight is 281 g/mol. The Morgan fingerprint density at radius 2 is 2.10 bits per heavy atom. The number of hydrogen-bond donors (Lipinski definition) is 3. The first-order chi connectivity index (χ1) is 9.58. The molecule has 2 saturated heterocycles. The minimum Gasteiger partial charge on any atom is -0.480 e. The van der Waals surface area contributed by atoms with Crippen LogP contribution in [0.25, 0.3) is 0 Å². The van der Waals surface area contributed by atoms with Crippen LogP contribution in [0.4, 0.5) is 0 Å². The van der Waals surface area contributed by atoms with Crippen molar-refractivity contribution in [3.05, 3.63) is 0 Å². The second-order valence-electron chi connectivity index (χ2n) is 5.87. The van der Waals surface area contributed by atoms with Gasteiger partial charge < -0.3 is 15.3 Å². The number of fused-ring (bicyclic) bond motifs is 1. The molecule has 0 aromatic rings. The molecule has 0 bridgehead atoms. The fourth-order valence-corrected chi connectivity index (χ4v) is 3.79.